The van der Waals surface area contributed by atoms with Crippen molar-refractivity contribution in [3.63, 3.8) is 0 Å². The van der Waals surface area contributed by atoms with E-state index in [9.17, 15) is 31.2 Å². The number of nitrogens with one attached hydrogen (secondary N) is 1. The van der Waals surface area contributed by atoms with E-state index in [-0.39, 0.29) is 35.4 Å². The van der Waals surface area contributed by atoms with Crippen molar-refractivity contribution in [2.45, 2.75) is 30.0 Å². The number of H-pyrrole nitrogens is 1. The smallest absolute Gasteiger partial charge is 0.416 e. The van der Waals surface area contributed by atoms with Gasteiger partial charge in [-0.2, -0.15) is 13.2 Å². The topological polar surface area (TPSA) is 106 Å². The van der Waals surface area contributed by atoms with Gasteiger partial charge in [0.05, 0.1) is 16.0 Å². The molecule has 8 nitrogen and oxygen atoms in total. The molecule has 0 unspecified atom stereocenters. The Kier molecular flexibility index (Phi) is 7.30. The van der Waals surface area contributed by atoms with Gasteiger partial charge in [-0.1, -0.05) is 18.2 Å². The second-order valence-corrected chi connectivity index (χ2v) is 10.6. The van der Waals surface area contributed by atoms with Gasteiger partial charge in [-0.05, 0) is 42.0 Å². The molecule has 1 amide bonds. The molecule has 1 aromatic heterocycles. The first-order valence-electron chi connectivity index (χ1n) is 11.2. The number of carbonyl (C=O) groups is 1. The summed E-state index contributed by atoms with van der Waals surface area (Å²) < 4.78 is 73.4. The molecule has 0 aliphatic carbocycles. The van der Waals surface area contributed by atoms with Crippen LogP contribution in [0.1, 0.15) is 18.4 Å². The molecule has 12 heteroatoms. The zero-order valence-corrected chi connectivity index (χ0v) is 20.4. The van der Waals surface area contributed by atoms with E-state index in [1.54, 1.807) is 6.07 Å². The number of aromatic nitrogens is 1. The Morgan fingerprint density at radius 1 is 1.05 bits per heavy atom. The minimum atomic E-state index is -4.55. The molecule has 2 aromatic carbocycles. The molecule has 1 fully saturated rings. The van der Waals surface area contributed by atoms with Gasteiger partial charge in [-0.3, -0.25) is 4.79 Å². The number of aromatic amines is 1. The van der Waals surface area contributed by atoms with Crippen LogP contribution < -0.4 is 15.0 Å². The highest BCUT2D eigenvalue weighted by Gasteiger charge is 2.31. The molecule has 0 radical (unpaired) electrons. The van der Waals surface area contributed by atoms with Gasteiger partial charge in [0.15, 0.2) is 9.84 Å². The molecule has 1 aliphatic heterocycles. The van der Waals surface area contributed by atoms with E-state index >= 15 is 0 Å². The lowest BCUT2D eigenvalue weighted by atomic mass is 10.1. The van der Waals surface area contributed by atoms with Gasteiger partial charge in [0.25, 0.3) is 5.56 Å². The number of rotatable bonds is 5. The Morgan fingerprint density at radius 2 is 1.73 bits per heavy atom. The number of hydrogen-bond donors (Lipinski definition) is 1. The minimum absolute atomic E-state index is 0.121. The number of hydrogen-bond acceptors (Lipinski definition) is 6. The molecule has 37 heavy (non-hydrogen) atoms. The lowest BCUT2D eigenvalue weighted by Crippen LogP contribution is -2.43. The molecule has 3 aromatic rings. The SMILES string of the molecule is CS(=O)(=O)c1ccc(-c2c(OC3CCN(C(=O)Oc4cccc(C(F)(F)F)c4)CC3)cc[nH]c2=O)cc1. The normalized spacial score (nSPS) is 14.9. The average molecular weight is 537 g/mol. The maximum atomic E-state index is 12.9. The third-order valence-electron chi connectivity index (χ3n) is 5.85. The molecule has 1 aliphatic rings. The summed E-state index contributed by atoms with van der Waals surface area (Å²) >= 11 is 0. The Hall–Kier alpha value is -3.80. The number of pyridine rings is 1. The van der Waals surface area contributed by atoms with E-state index in [1.807, 2.05) is 0 Å². The second-order valence-electron chi connectivity index (χ2n) is 8.54. The highest BCUT2D eigenvalue weighted by atomic mass is 32.2. The number of piperidine rings is 1. The number of ether oxygens (including phenoxy) is 2. The molecule has 0 atom stereocenters. The Balaban J connectivity index is 1.41. The molecule has 0 bridgehead atoms. The van der Waals surface area contributed by atoms with Crippen molar-refractivity contribution in [2.24, 2.45) is 0 Å². The first-order valence-corrected chi connectivity index (χ1v) is 13.1. The van der Waals surface area contributed by atoms with Crippen LogP contribution in [0.25, 0.3) is 11.1 Å². The first-order chi connectivity index (χ1) is 17.4. The van der Waals surface area contributed by atoms with E-state index in [4.69, 9.17) is 9.47 Å². The van der Waals surface area contributed by atoms with Gasteiger partial charge < -0.3 is 19.4 Å². The quantitative estimate of drug-likeness (QED) is 0.515. The Morgan fingerprint density at radius 3 is 2.35 bits per heavy atom. The van der Waals surface area contributed by atoms with Gasteiger partial charge in [0.1, 0.15) is 17.6 Å². The summed E-state index contributed by atoms with van der Waals surface area (Å²) in [6.45, 7) is 0.480. The zero-order chi connectivity index (χ0) is 26.8. The molecule has 1 N–H and O–H groups in total. The number of sulfone groups is 1. The number of alkyl halides is 3. The summed E-state index contributed by atoms with van der Waals surface area (Å²) in [5.74, 6) is 0.106. The van der Waals surface area contributed by atoms with Crippen LogP contribution in [0.5, 0.6) is 11.5 Å². The standard InChI is InChI=1S/C25H23F3N2O6S/c1-37(33,34)20-7-5-16(6-8-20)22-21(9-12-29-23(22)31)35-18-10-13-30(14-11-18)24(32)36-19-4-2-3-17(15-19)25(26,27)28/h2-9,12,15,18H,10-11,13-14H2,1H3,(H,29,31). The largest absolute Gasteiger partial charge is 0.489 e. The summed E-state index contributed by atoms with van der Waals surface area (Å²) in [7, 11) is -3.40. The molecule has 0 saturated carbocycles. The average Bonchev–Trinajstić information content (AvgIpc) is 2.84. The van der Waals surface area contributed by atoms with Crippen molar-refractivity contribution >= 4 is 15.9 Å². The molecule has 1 saturated heterocycles. The van der Waals surface area contributed by atoms with Crippen LogP contribution in [0, 0.1) is 0 Å². The van der Waals surface area contributed by atoms with Crippen molar-refractivity contribution in [1.82, 2.24) is 9.88 Å². The van der Waals surface area contributed by atoms with Crippen LogP contribution in [0.15, 0.2) is 70.5 Å². The number of amides is 1. The summed E-state index contributed by atoms with van der Waals surface area (Å²) in [6.07, 6.45) is -2.32. The highest BCUT2D eigenvalue weighted by Crippen LogP contribution is 2.32. The predicted octanol–water partition coefficient (Wildman–Crippen LogP) is 4.51. The van der Waals surface area contributed by atoms with Gasteiger partial charge in [-0.25, -0.2) is 13.2 Å². The fourth-order valence-corrected chi connectivity index (χ4v) is 4.57. The van der Waals surface area contributed by atoms with Crippen molar-refractivity contribution in [2.75, 3.05) is 19.3 Å². The van der Waals surface area contributed by atoms with Crippen LogP contribution in [-0.4, -0.2) is 49.8 Å². The Labute approximate surface area is 210 Å². The molecule has 196 valence electrons. The number of likely N-dealkylation sites (tertiary alicyclic amines) is 1. The van der Waals surface area contributed by atoms with Crippen LogP contribution in [0.4, 0.5) is 18.0 Å². The van der Waals surface area contributed by atoms with Gasteiger partial charge in [0, 0.05) is 38.4 Å². The molecule has 0 spiro atoms. The fraction of sp³-hybridized carbons (Fsp3) is 0.280. The summed E-state index contributed by atoms with van der Waals surface area (Å²) in [5.41, 5.74) is -0.600. The summed E-state index contributed by atoms with van der Waals surface area (Å²) in [5, 5.41) is 0. The van der Waals surface area contributed by atoms with E-state index in [2.05, 4.69) is 4.98 Å². The fourth-order valence-electron chi connectivity index (χ4n) is 3.94. The van der Waals surface area contributed by atoms with E-state index < -0.39 is 33.2 Å². The number of carbonyl (C=O) groups excluding carboxylic acids is 1. The maximum absolute atomic E-state index is 12.9. The second kappa shape index (κ2) is 10.3. The molecule has 4 rings (SSSR count). The molecular weight excluding hydrogens is 513 g/mol. The van der Waals surface area contributed by atoms with Crippen molar-refractivity contribution in [3.05, 3.63) is 76.7 Å². The van der Waals surface area contributed by atoms with Gasteiger partial charge in [-0.15, -0.1) is 0 Å². The predicted molar refractivity (Wildman–Crippen MR) is 128 cm³/mol. The number of nitrogens with zero attached hydrogens (tertiary/aromatic N) is 1. The molecule has 2 heterocycles. The lowest BCUT2D eigenvalue weighted by molar-refractivity contribution is -0.137. The van der Waals surface area contributed by atoms with Gasteiger partial charge in [0.2, 0.25) is 0 Å². The third kappa shape index (κ3) is 6.31. The van der Waals surface area contributed by atoms with Crippen LogP contribution in [0.3, 0.4) is 0 Å². The van der Waals surface area contributed by atoms with Crippen LogP contribution >= 0.6 is 0 Å². The van der Waals surface area contributed by atoms with Crippen molar-refractivity contribution in [1.29, 1.82) is 0 Å². The molecular formula is C25H23F3N2O6S. The summed E-state index contributed by atoms with van der Waals surface area (Å²) in [4.78, 5) is 29.1. The number of benzene rings is 2. The third-order valence-corrected chi connectivity index (χ3v) is 6.98. The first kappa shape index (κ1) is 26.3. The van der Waals surface area contributed by atoms with Crippen LogP contribution in [0.2, 0.25) is 0 Å². The Bertz CT molecular complexity index is 1440. The summed E-state index contributed by atoms with van der Waals surface area (Å²) in [6, 6.07) is 11.6. The van der Waals surface area contributed by atoms with Crippen LogP contribution in [-0.2, 0) is 16.0 Å². The number of halogens is 3. The monoisotopic (exact) mass is 536 g/mol. The lowest BCUT2D eigenvalue weighted by Gasteiger charge is -2.31. The van der Waals surface area contributed by atoms with Crippen molar-refractivity contribution < 1.29 is 35.9 Å². The van der Waals surface area contributed by atoms with Crippen molar-refractivity contribution in [3.8, 4) is 22.6 Å². The van der Waals surface area contributed by atoms with Gasteiger partial charge >= 0.3 is 12.3 Å². The highest BCUT2D eigenvalue weighted by molar-refractivity contribution is 7.90. The van der Waals surface area contributed by atoms with E-state index in [0.29, 0.717) is 24.2 Å². The zero-order valence-electron chi connectivity index (χ0n) is 19.6. The van der Waals surface area contributed by atoms with E-state index in [1.165, 1.54) is 47.5 Å². The van der Waals surface area contributed by atoms with E-state index in [0.717, 1.165) is 18.4 Å². The maximum Gasteiger partial charge on any atom is 0.416 e. The minimum Gasteiger partial charge on any atom is -0.489 e.